The van der Waals surface area contributed by atoms with Crippen molar-refractivity contribution in [3.63, 3.8) is 0 Å². The molecule has 1 rings (SSSR count). The molecule has 0 N–H and O–H groups in total. The van der Waals surface area contributed by atoms with E-state index in [1.54, 1.807) is 45.6 Å². The third-order valence-corrected chi connectivity index (χ3v) is 17.0. The molecule has 0 heterocycles. The molecule has 0 spiro atoms. The lowest BCUT2D eigenvalue weighted by Gasteiger charge is -2.45. The first-order chi connectivity index (χ1) is 23.6. The fourth-order valence-electron chi connectivity index (χ4n) is 6.98. The molecule has 0 unspecified atom stereocenters. The molecule has 0 bridgehead atoms. The van der Waals surface area contributed by atoms with Crippen molar-refractivity contribution in [2.45, 2.75) is 147 Å². The van der Waals surface area contributed by atoms with Crippen LogP contribution in [-0.2, 0) is 47.1 Å². The summed E-state index contributed by atoms with van der Waals surface area (Å²) in [5.74, 6) is -0.142. The van der Waals surface area contributed by atoms with Crippen molar-refractivity contribution < 1.29 is 45.4 Å². The molecule has 0 radical (unpaired) electrons. The number of methoxy groups -OCH3 is 3. The molecular weight excluding hydrogens is 677 g/mol. The lowest BCUT2D eigenvalue weighted by Crippen LogP contribution is -2.51. The minimum atomic E-state index is -3.94. The van der Waals surface area contributed by atoms with E-state index in [4.69, 9.17) is 37.0 Å². The summed E-state index contributed by atoms with van der Waals surface area (Å²) in [6.07, 6.45) is 4.66. The van der Waals surface area contributed by atoms with Gasteiger partial charge in [0.15, 0.2) is 0 Å². The highest BCUT2D eigenvalue weighted by molar-refractivity contribution is 7.86. The van der Waals surface area contributed by atoms with Gasteiger partial charge in [0.2, 0.25) is 8.32 Å². The third kappa shape index (κ3) is 15.4. The number of benzene rings is 1. The van der Waals surface area contributed by atoms with Gasteiger partial charge in [-0.2, -0.15) is 8.42 Å². The average Bonchev–Trinajstić information content (AvgIpc) is 3.05. The maximum atomic E-state index is 13.1. The molecule has 0 aliphatic heterocycles. The van der Waals surface area contributed by atoms with Crippen molar-refractivity contribution in [2.75, 3.05) is 48.3 Å². The maximum absolute atomic E-state index is 13.1. The van der Waals surface area contributed by atoms with Gasteiger partial charge in [0.05, 0.1) is 29.8 Å². The van der Waals surface area contributed by atoms with Gasteiger partial charge >= 0.3 is 0 Å². The van der Waals surface area contributed by atoms with E-state index in [2.05, 4.69) is 68.4 Å². The van der Waals surface area contributed by atoms with E-state index in [1.165, 1.54) is 0 Å². The monoisotopic (exact) mass is 746 g/mol. The molecule has 0 fully saturated rings. The second-order valence-corrected chi connectivity index (χ2v) is 21.4. The molecule has 50 heavy (non-hydrogen) atoms. The first-order valence-corrected chi connectivity index (χ1v) is 21.8. The van der Waals surface area contributed by atoms with E-state index in [0.29, 0.717) is 29.5 Å². The molecule has 0 aliphatic rings. The number of hydrogen-bond donors (Lipinski definition) is 0. The molecule has 5 atom stereocenters. The predicted octanol–water partition coefficient (Wildman–Crippen LogP) is 8.78. The zero-order valence-corrected chi connectivity index (χ0v) is 35.2. The fourth-order valence-corrected chi connectivity index (χ4v) is 13.5. The lowest BCUT2D eigenvalue weighted by molar-refractivity contribution is -0.136. The van der Waals surface area contributed by atoms with Gasteiger partial charge in [0.1, 0.15) is 20.4 Å². The molecule has 0 saturated carbocycles. The van der Waals surface area contributed by atoms with Crippen LogP contribution in [0.15, 0.2) is 40.8 Å². The van der Waals surface area contributed by atoms with E-state index in [9.17, 15) is 8.42 Å². The molecule has 1 aromatic carbocycles. The van der Waals surface area contributed by atoms with Crippen molar-refractivity contribution in [3.05, 3.63) is 41.5 Å². The minimum absolute atomic E-state index is 0.0199. The highest BCUT2D eigenvalue weighted by Gasteiger charge is 2.47. The first kappa shape index (κ1) is 46.8. The Kier molecular flexibility index (Phi) is 22.7. The molecule has 0 saturated heterocycles. The van der Waals surface area contributed by atoms with E-state index < -0.39 is 18.4 Å². The molecule has 0 amide bonds. The highest BCUT2D eigenvalue weighted by atomic mass is 32.2. The van der Waals surface area contributed by atoms with E-state index in [1.807, 2.05) is 6.92 Å². The van der Waals surface area contributed by atoms with Gasteiger partial charge in [0.25, 0.3) is 10.1 Å². The second kappa shape index (κ2) is 24.2. The van der Waals surface area contributed by atoms with Crippen LogP contribution in [-0.4, -0.2) is 89.5 Å². The van der Waals surface area contributed by atoms with Gasteiger partial charge in [-0.1, -0.05) is 91.2 Å². The van der Waals surface area contributed by atoms with Crippen LogP contribution in [0.25, 0.3) is 0 Å². The molecule has 292 valence electrons. The summed E-state index contributed by atoms with van der Waals surface area (Å²) < 4.78 is 73.7. The van der Waals surface area contributed by atoms with Gasteiger partial charge in [0, 0.05) is 33.4 Å². The summed E-state index contributed by atoms with van der Waals surface area (Å²) in [6.45, 7) is 22.1. The molecular formula is C38H70O10SSi. The van der Waals surface area contributed by atoms with Crippen LogP contribution in [0.2, 0.25) is 16.6 Å². The lowest BCUT2D eigenvalue weighted by atomic mass is 9.91. The Bertz CT molecular complexity index is 1150. The standard InChI is InChI=1S/C38H70O10SSi/c1-14-15-34(44-25-41-11)22-32(9)23-37(45-26-42-12)33(10)38(46-27-43-13)24-35(48-50(28(2)3,29(4)5)30(6)7)20-21-47-49(39,40)36-18-16-31(8)17-19-36/h16-19,23,28-30,33-35,37-38H,14-15,20-22,24-27H2,1-13H3/b32-23+/t33-,34-,35-,37-,38+/m1/s1. The Morgan fingerprint density at radius 2 is 1.32 bits per heavy atom. The zero-order chi connectivity index (χ0) is 37.9. The molecule has 12 heteroatoms. The maximum Gasteiger partial charge on any atom is 0.296 e. The summed E-state index contributed by atoms with van der Waals surface area (Å²) in [7, 11) is -1.48. The largest absolute Gasteiger partial charge is 0.413 e. The smallest absolute Gasteiger partial charge is 0.296 e. The third-order valence-electron chi connectivity index (χ3n) is 9.47. The SMILES string of the molecule is CCC[C@H](C/C(C)=C/[C@@H](OCOC)[C@@H](C)[C@H](C[C@@H](CCOS(=O)(=O)c1ccc(C)cc1)O[Si](C(C)C)(C(C)C)C(C)C)OCOC)OCOC. The van der Waals surface area contributed by atoms with E-state index in [-0.39, 0.29) is 62.2 Å². The van der Waals surface area contributed by atoms with Crippen LogP contribution in [0.3, 0.4) is 0 Å². The van der Waals surface area contributed by atoms with Gasteiger partial charge in [-0.15, -0.1) is 0 Å². The van der Waals surface area contributed by atoms with Gasteiger partial charge < -0.3 is 32.8 Å². The van der Waals surface area contributed by atoms with Gasteiger partial charge in [-0.3, -0.25) is 4.18 Å². The molecule has 0 aliphatic carbocycles. The molecule has 10 nitrogen and oxygen atoms in total. The Morgan fingerprint density at radius 1 is 0.780 bits per heavy atom. The Morgan fingerprint density at radius 3 is 1.84 bits per heavy atom. The van der Waals surface area contributed by atoms with E-state index in [0.717, 1.165) is 30.4 Å². The van der Waals surface area contributed by atoms with Crippen LogP contribution in [0, 0.1) is 12.8 Å². The normalized spacial score (nSPS) is 16.3. The average molecular weight is 747 g/mol. The summed E-state index contributed by atoms with van der Waals surface area (Å²) >= 11 is 0. The first-order valence-electron chi connectivity index (χ1n) is 18.2. The Hall–Kier alpha value is -1.19. The summed E-state index contributed by atoms with van der Waals surface area (Å²) in [5.41, 5.74) is 3.10. The van der Waals surface area contributed by atoms with Crippen molar-refractivity contribution in [1.29, 1.82) is 0 Å². The van der Waals surface area contributed by atoms with E-state index >= 15 is 0 Å². The van der Waals surface area contributed by atoms with Crippen LogP contribution >= 0.6 is 0 Å². The quantitative estimate of drug-likeness (QED) is 0.0357. The summed E-state index contributed by atoms with van der Waals surface area (Å²) in [4.78, 5) is 0.139. The minimum Gasteiger partial charge on any atom is -0.413 e. The number of ether oxygens (including phenoxy) is 6. The van der Waals surface area contributed by atoms with Crippen molar-refractivity contribution >= 4 is 18.4 Å². The second-order valence-electron chi connectivity index (χ2n) is 14.4. The summed E-state index contributed by atoms with van der Waals surface area (Å²) in [6, 6.07) is 6.69. The molecule has 0 aromatic heterocycles. The van der Waals surface area contributed by atoms with Crippen LogP contribution < -0.4 is 0 Å². The fraction of sp³-hybridized carbons (Fsp3) is 0.789. The van der Waals surface area contributed by atoms with Crippen LogP contribution in [0.5, 0.6) is 0 Å². The van der Waals surface area contributed by atoms with Crippen molar-refractivity contribution in [1.82, 2.24) is 0 Å². The van der Waals surface area contributed by atoms with Crippen molar-refractivity contribution in [2.24, 2.45) is 5.92 Å². The van der Waals surface area contributed by atoms with Crippen LogP contribution in [0.1, 0.15) is 100.0 Å². The van der Waals surface area contributed by atoms with Crippen molar-refractivity contribution in [3.8, 4) is 0 Å². The Labute approximate surface area is 306 Å². The zero-order valence-electron chi connectivity index (χ0n) is 33.4. The summed E-state index contributed by atoms with van der Waals surface area (Å²) in [5, 5.41) is 0. The van der Waals surface area contributed by atoms with Gasteiger partial charge in [-0.05, 0) is 68.3 Å². The Balaban J connectivity index is 3.49. The number of aryl methyl sites for hydroxylation is 1. The number of hydrogen-bond acceptors (Lipinski definition) is 10. The molecule has 1 aromatic rings. The predicted molar refractivity (Wildman–Crippen MR) is 202 cm³/mol. The highest BCUT2D eigenvalue weighted by Crippen LogP contribution is 2.44. The topological polar surface area (TPSA) is 108 Å². The number of rotatable bonds is 28. The van der Waals surface area contributed by atoms with Gasteiger partial charge in [-0.25, -0.2) is 0 Å². The van der Waals surface area contributed by atoms with Crippen LogP contribution in [0.4, 0.5) is 0 Å².